The van der Waals surface area contributed by atoms with E-state index in [9.17, 15) is 22.0 Å². The summed E-state index contributed by atoms with van der Waals surface area (Å²) in [5, 5.41) is 2.64. The molecule has 0 aromatic heterocycles. The highest BCUT2D eigenvalue weighted by Crippen LogP contribution is 2.33. The van der Waals surface area contributed by atoms with Crippen LogP contribution in [-0.2, 0) is 12.7 Å². The van der Waals surface area contributed by atoms with Gasteiger partial charge in [0.25, 0.3) is 0 Å². The van der Waals surface area contributed by atoms with Gasteiger partial charge in [0.15, 0.2) is 0 Å². The maximum atomic E-state index is 13.5. The summed E-state index contributed by atoms with van der Waals surface area (Å²) in [6.07, 6.45) is -4.78. The van der Waals surface area contributed by atoms with Crippen molar-refractivity contribution in [3.63, 3.8) is 0 Å². The van der Waals surface area contributed by atoms with E-state index in [1.54, 1.807) is 0 Å². The van der Waals surface area contributed by atoms with Crippen LogP contribution in [0.25, 0.3) is 0 Å². The topological polar surface area (TPSA) is 12.0 Å². The van der Waals surface area contributed by atoms with Crippen molar-refractivity contribution in [3.8, 4) is 0 Å². The molecule has 0 aliphatic carbocycles. The quantitative estimate of drug-likeness (QED) is 0.722. The Labute approximate surface area is 125 Å². The lowest BCUT2D eigenvalue weighted by Gasteiger charge is -2.12. The Morgan fingerprint density at radius 1 is 0.952 bits per heavy atom. The lowest BCUT2D eigenvalue weighted by Crippen LogP contribution is -2.09. The van der Waals surface area contributed by atoms with Crippen LogP contribution in [0.2, 0.25) is 0 Å². The molecule has 0 fully saturated rings. The van der Waals surface area contributed by atoms with Gasteiger partial charge in [-0.05, 0) is 36.4 Å². The average Bonchev–Trinajstić information content (AvgIpc) is 2.40. The maximum absolute atomic E-state index is 13.5. The van der Waals surface area contributed by atoms with Crippen molar-refractivity contribution in [2.45, 2.75) is 12.7 Å². The maximum Gasteiger partial charge on any atom is 0.419 e. The van der Waals surface area contributed by atoms with Gasteiger partial charge in [0.1, 0.15) is 11.6 Å². The number of hydrogen-bond acceptors (Lipinski definition) is 1. The van der Waals surface area contributed by atoms with E-state index in [2.05, 4.69) is 21.2 Å². The molecule has 1 N–H and O–H groups in total. The molecule has 0 aliphatic rings. The number of anilines is 1. The first-order chi connectivity index (χ1) is 9.77. The fourth-order valence-electron chi connectivity index (χ4n) is 1.73. The highest BCUT2D eigenvalue weighted by atomic mass is 79.9. The third kappa shape index (κ3) is 3.93. The van der Waals surface area contributed by atoms with Gasteiger partial charge >= 0.3 is 6.18 Å². The first-order valence-corrected chi connectivity index (χ1v) is 6.61. The van der Waals surface area contributed by atoms with Crippen molar-refractivity contribution in [1.29, 1.82) is 0 Å². The Kier molecular flexibility index (Phi) is 4.51. The normalized spacial score (nSPS) is 11.5. The molecule has 0 spiro atoms. The molecule has 7 heteroatoms. The zero-order valence-corrected chi connectivity index (χ0v) is 12.0. The Hall–Kier alpha value is -1.63. The van der Waals surface area contributed by atoms with E-state index in [4.69, 9.17) is 0 Å². The average molecular weight is 366 g/mol. The number of rotatable bonds is 3. The van der Waals surface area contributed by atoms with E-state index in [0.29, 0.717) is 10.5 Å². The first-order valence-electron chi connectivity index (χ1n) is 5.82. The minimum atomic E-state index is -4.78. The van der Waals surface area contributed by atoms with Crippen LogP contribution < -0.4 is 5.32 Å². The van der Waals surface area contributed by atoms with Crippen LogP contribution in [0.3, 0.4) is 0 Å². The van der Waals surface area contributed by atoms with Crippen molar-refractivity contribution < 1.29 is 22.0 Å². The number of benzene rings is 2. The van der Waals surface area contributed by atoms with Crippen molar-refractivity contribution in [2.75, 3.05) is 5.32 Å². The molecule has 0 amide bonds. The molecule has 112 valence electrons. The number of hydrogen-bond donors (Lipinski definition) is 1. The molecule has 0 saturated carbocycles. The van der Waals surface area contributed by atoms with Crippen LogP contribution in [0.4, 0.5) is 27.6 Å². The molecule has 2 aromatic carbocycles. The summed E-state index contributed by atoms with van der Waals surface area (Å²) in [6.45, 7) is -0.0196. The minimum Gasteiger partial charge on any atom is -0.381 e. The van der Waals surface area contributed by atoms with Gasteiger partial charge in [-0.1, -0.05) is 15.9 Å². The van der Waals surface area contributed by atoms with Crippen molar-refractivity contribution in [1.82, 2.24) is 0 Å². The van der Waals surface area contributed by atoms with E-state index >= 15 is 0 Å². The molecule has 0 bridgehead atoms. The SMILES string of the molecule is Fc1ccc(Br)cc1CNc1ccc(F)c(C(F)(F)F)c1. The van der Waals surface area contributed by atoms with E-state index in [-0.39, 0.29) is 17.8 Å². The Bertz CT molecular complexity index is 654. The highest BCUT2D eigenvalue weighted by Gasteiger charge is 2.34. The third-order valence-electron chi connectivity index (χ3n) is 2.76. The van der Waals surface area contributed by atoms with E-state index in [0.717, 1.165) is 6.07 Å². The van der Waals surface area contributed by atoms with Gasteiger partial charge in [-0.2, -0.15) is 13.2 Å². The molecule has 2 rings (SSSR count). The zero-order chi connectivity index (χ0) is 15.6. The summed E-state index contributed by atoms with van der Waals surface area (Å²) in [6, 6.07) is 6.82. The smallest absolute Gasteiger partial charge is 0.381 e. The van der Waals surface area contributed by atoms with E-state index in [1.807, 2.05) is 0 Å². The van der Waals surface area contributed by atoms with E-state index < -0.39 is 23.4 Å². The molecule has 0 unspecified atom stereocenters. The lowest BCUT2D eigenvalue weighted by molar-refractivity contribution is -0.139. The predicted octanol–water partition coefficient (Wildman–Crippen LogP) is 5.36. The summed E-state index contributed by atoms with van der Waals surface area (Å²) in [7, 11) is 0. The monoisotopic (exact) mass is 365 g/mol. The molecule has 21 heavy (non-hydrogen) atoms. The van der Waals surface area contributed by atoms with Crippen molar-refractivity contribution in [3.05, 3.63) is 63.6 Å². The third-order valence-corrected chi connectivity index (χ3v) is 3.26. The summed E-state index contributed by atoms with van der Waals surface area (Å²) < 4.78 is 65.0. The van der Waals surface area contributed by atoms with Gasteiger partial charge in [0, 0.05) is 22.3 Å². The Balaban J connectivity index is 2.19. The van der Waals surface area contributed by atoms with Crippen LogP contribution >= 0.6 is 15.9 Å². The van der Waals surface area contributed by atoms with Gasteiger partial charge < -0.3 is 5.32 Å². The molecule has 0 aliphatic heterocycles. The second kappa shape index (κ2) is 6.01. The van der Waals surface area contributed by atoms with Gasteiger partial charge in [-0.15, -0.1) is 0 Å². The predicted molar refractivity (Wildman–Crippen MR) is 72.8 cm³/mol. The fourth-order valence-corrected chi connectivity index (χ4v) is 2.14. The summed E-state index contributed by atoms with van der Waals surface area (Å²) >= 11 is 3.18. The number of halogens is 6. The van der Waals surface area contributed by atoms with Crippen LogP contribution in [0.15, 0.2) is 40.9 Å². The van der Waals surface area contributed by atoms with Crippen molar-refractivity contribution in [2.24, 2.45) is 0 Å². The van der Waals surface area contributed by atoms with Crippen LogP contribution in [-0.4, -0.2) is 0 Å². The van der Waals surface area contributed by atoms with E-state index in [1.165, 1.54) is 24.3 Å². The molecular weight excluding hydrogens is 357 g/mol. The molecule has 0 saturated heterocycles. The summed E-state index contributed by atoms with van der Waals surface area (Å²) in [5.41, 5.74) is -1.02. The Morgan fingerprint density at radius 3 is 2.29 bits per heavy atom. The fraction of sp³-hybridized carbons (Fsp3) is 0.143. The van der Waals surface area contributed by atoms with Gasteiger partial charge in [0.2, 0.25) is 0 Å². The largest absolute Gasteiger partial charge is 0.419 e. The second-order valence-electron chi connectivity index (χ2n) is 4.28. The van der Waals surface area contributed by atoms with Gasteiger partial charge in [0.05, 0.1) is 5.56 Å². The molecule has 2 aromatic rings. The molecule has 0 atom stereocenters. The van der Waals surface area contributed by atoms with Crippen LogP contribution in [0.1, 0.15) is 11.1 Å². The number of nitrogens with one attached hydrogen (secondary N) is 1. The lowest BCUT2D eigenvalue weighted by atomic mass is 10.1. The summed E-state index contributed by atoms with van der Waals surface area (Å²) in [5.74, 6) is -1.83. The van der Waals surface area contributed by atoms with Crippen LogP contribution in [0.5, 0.6) is 0 Å². The molecule has 0 heterocycles. The minimum absolute atomic E-state index is 0.0196. The van der Waals surface area contributed by atoms with Gasteiger partial charge in [-0.25, -0.2) is 8.78 Å². The first kappa shape index (κ1) is 15.8. The standard InChI is InChI=1S/C14H9BrF5N/c15-9-1-3-12(16)8(5-9)7-21-10-2-4-13(17)11(6-10)14(18,19)20/h1-6,21H,7H2. The van der Waals surface area contributed by atoms with Crippen molar-refractivity contribution >= 4 is 21.6 Å². The van der Waals surface area contributed by atoms with Gasteiger partial charge in [-0.3, -0.25) is 0 Å². The highest BCUT2D eigenvalue weighted by molar-refractivity contribution is 9.10. The second-order valence-corrected chi connectivity index (χ2v) is 5.20. The molecular formula is C14H9BrF5N. The molecule has 1 nitrogen and oxygen atoms in total. The molecule has 0 radical (unpaired) electrons. The zero-order valence-electron chi connectivity index (χ0n) is 10.4. The Morgan fingerprint density at radius 2 is 1.62 bits per heavy atom. The van der Waals surface area contributed by atoms with Crippen LogP contribution in [0, 0.1) is 11.6 Å². The number of alkyl halides is 3. The summed E-state index contributed by atoms with van der Waals surface area (Å²) in [4.78, 5) is 0.